The highest BCUT2D eigenvalue weighted by Gasteiger charge is 1.98. The van der Waals surface area contributed by atoms with Crippen molar-refractivity contribution in [2.75, 3.05) is 14.2 Å². The van der Waals surface area contributed by atoms with E-state index in [0.29, 0.717) is 6.61 Å². The molecule has 1 heterocycles. The molecule has 1 aromatic rings. The molecule has 3 heteroatoms. The molecule has 0 atom stereocenters. The molecule has 62 valence electrons. The second kappa shape index (κ2) is 4.16. The molecule has 0 bridgehead atoms. The molecule has 3 nitrogen and oxygen atoms in total. The van der Waals surface area contributed by atoms with E-state index >= 15 is 0 Å². The number of nitrogens with one attached hydrogen (secondary N) is 1. The van der Waals surface area contributed by atoms with E-state index in [2.05, 4.69) is 5.32 Å². The molecule has 0 fully saturated rings. The van der Waals surface area contributed by atoms with Crippen molar-refractivity contribution in [3.8, 4) is 0 Å². The first-order valence-electron chi connectivity index (χ1n) is 3.58. The summed E-state index contributed by atoms with van der Waals surface area (Å²) in [7, 11) is 3.54. The Morgan fingerprint density at radius 1 is 1.45 bits per heavy atom. The molecule has 0 aliphatic carbocycles. The number of methoxy groups -OCH3 is 1. The first-order chi connectivity index (χ1) is 5.36. The van der Waals surface area contributed by atoms with Gasteiger partial charge < -0.3 is 14.5 Å². The van der Waals surface area contributed by atoms with Crippen LogP contribution in [0.25, 0.3) is 0 Å². The summed E-state index contributed by atoms with van der Waals surface area (Å²) in [5.74, 6) is 1.82. The van der Waals surface area contributed by atoms with Crippen LogP contribution in [0.4, 0.5) is 0 Å². The molecule has 0 aliphatic rings. The van der Waals surface area contributed by atoms with E-state index in [0.717, 1.165) is 18.1 Å². The predicted octanol–water partition coefficient (Wildman–Crippen LogP) is 1.15. The standard InChI is InChI=1S/C8H13NO2/c1-9-5-7-3-4-8(11-7)6-10-2/h3-4,9H,5-6H2,1-2H3. The van der Waals surface area contributed by atoms with Gasteiger partial charge in [0.2, 0.25) is 0 Å². The van der Waals surface area contributed by atoms with Gasteiger partial charge in [0.1, 0.15) is 18.1 Å². The summed E-state index contributed by atoms with van der Waals surface area (Å²) < 4.78 is 10.3. The number of furan rings is 1. The highest BCUT2D eigenvalue weighted by molar-refractivity contribution is 5.05. The molecule has 0 aromatic carbocycles. The minimum absolute atomic E-state index is 0.545. The maximum atomic E-state index is 5.38. The third kappa shape index (κ3) is 2.37. The highest BCUT2D eigenvalue weighted by atomic mass is 16.5. The molecule has 0 spiro atoms. The Kier molecular flexibility index (Phi) is 3.14. The van der Waals surface area contributed by atoms with Gasteiger partial charge in [0, 0.05) is 7.11 Å². The lowest BCUT2D eigenvalue weighted by molar-refractivity contribution is 0.162. The van der Waals surface area contributed by atoms with Crippen molar-refractivity contribution in [1.29, 1.82) is 0 Å². The molecule has 0 saturated carbocycles. The van der Waals surface area contributed by atoms with Crippen LogP contribution in [-0.2, 0) is 17.9 Å². The van der Waals surface area contributed by atoms with Gasteiger partial charge in [-0.3, -0.25) is 0 Å². The van der Waals surface area contributed by atoms with Crippen molar-refractivity contribution in [2.24, 2.45) is 0 Å². The van der Waals surface area contributed by atoms with Crippen LogP contribution < -0.4 is 5.32 Å². The van der Waals surface area contributed by atoms with E-state index in [1.807, 2.05) is 19.2 Å². The van der Waals surface area contributed by atoms with Gasteiger partial charge in [0.15, 0.2) is 0 Å². The first-order valence-corrected chi connectivity index (χ1v) is 3.58. The van der Waals surface area contributed by atoms with Crippen LogP contribution in [-0.4, -0.2) is 14.2 Å². The van der Waals surface area contributed by atoms with Crippen molar-refractivity contribution < 1.29 is 9.15 Å². The van der Waals surface area contributed by atoms with Crippen LogP contribution in [0, 0.1) is 0 Å². The molecule has 1 aromatic heterocycles. The Bertz CT molecular complexity index is 187. The Morgan fingerprint density at radius 2 is 2.18 bits per heavy atom. The minimum atomic E-state index is 0.545. The summed E-state index contributed by atoms with van der Waals surface area (Å²) in [4.78, 5) is 0. The van der Waals surface area contributed by atoms with Crippen LogP contribution in [0.3, 0.4) is 0 Å². The Morgan fingerprint density at radius 3 is 2.82 bits per heavy atom. The van der Waals surface area contributed by atoms with Crippen LogP contribution in [0.2, 0.25) is 0 Å². The first kappa shape index (κ1) is 8.30. The maximum Gasteiger partial charge on any atom is 0.129 e. The normalized spacial score (nSPS) is 10.4. The molecule has 11 heavy (non-hydrogen) atoms. The van der Waals surface area contributed by atoms with E-state index in [1.165, 1.54) is 0 Å². The molecule has 0 unspecified atom stereocenters. The van der Waals surface area contributed by atoms with Gasteiger partial charge in [-0.15, -0.1) is 0 Å². The average Bonchev–Trinajstić information content (AvgIpc) is 2.38. The number of hydrogen-bond donors (Lipinski definition) is 1. The fourth-order valence-electron chi connectivity index (χ4n) is 0.911. The second-order valence-corrected chi connectivity index (χ2v) is 2.33. The fourth-order valence-corrected chi connectivity index (χ4v) is 0.911. The number of ether oxygens (including phenoxy) is 1. The molecule has 1 N–H and O–H groups in total. The van der Waals surface area contributed by atoms with E-state index in [1.54, 1.807) is 7.11 Å². The second-order valence-electron chi connectivity index (χ2n) is 2.33. The molecule has 1 rings (SSSR count). The monoisotopic (exact) mass is 155 g/mol. The van der Waals surface area contributed by atoms with E-state index in [4.69, 9.17) is 9.15 Å². The summed E-state index contributed by atoms with van der Waals surface area (Å²) in [5, 5.41) is 3.00. The van der Waals surface area contributed by atoms with Crippen LogP contribution in [0.15, 0.2) is 16.5 Å². The smallest absolute Gasteiger partial charge is 0.129 e. The third-order valence-electron chi connectivity index (χ3n) is 1.35. The van der Waals surface area contributed by atoms with Gasteiger partial charge in [0.05, 0.1) is 6.54 Å². The van der Waals surface area contributed by atoms with Crippen molar-refractivity contribution in [1.82, 2.24) is 5.32 Å². The summed E-state index contributed by atoms with van der Waals surface area (Å²) in [6, 6.07) is 3.88. The summed E-state index contributed by atoms with van der Waals surface area (Å²) in [5.41, 5.74) is 0. The Hall–Kier alpha value is -0.800. The van der Waals surface area contributed by atoms with Crippen molar-refractivity contribution in [3.05, 3.63) is 23.7 Å². The van der Waals surface area contributed by atoms with Gasteiger partial charge in [-0.05, 0) is 19.2 Å². The summed E-state index contributed by atoms with van der Waals surface area (Å²) >= 11 is 0. The quantitative estimate of drug-likeness (QED) is 0.708. The lowest BCUT2D eigenvalue weighted by Crippen LogP contribution is -2.03. The van der Waals surface area contributed by atoms with Crippen LogP contribution in [0.5, 0.6) is 0 Å². The van der Waals surface area contributed by atoms with E-state index < -0.39 is 0 Å². The zero-order valence-electron chi connectivity index (χ0n) is 6.89. The lowest BCUT2D eigenvalue weighted by atomic mass is 10.4. The van der Waals surface area contributed by atoms with Crippen molar-refractivity contribution >= 4 is 0 Å². The van der Waals surface area contributed by atoms with E-state index in [-0.39, 0.29) is 0 Å². The van der Waals surface area contributed by atoms with Crippen molar-refractivity contribution in [3.63, 3.8) is 0 Å². The van der Waals surface area contributed by atoms with Gasteiger partial charge in [-0.1, -0.05) is 0 Å². The van der Waals surface area contributed by atoms with Crippen LogP contribution in [0.1, 0.15) is 11.5 Å². The maximum absolute atomic E-state index is 5.38. The fraction of sp³-hybridized carbons (Fsp3) is 0.500. The number of hydrogen-bond acceptors (Lipinski definition) is 3. The largest absolute Gasteiger partial charge is 0.462 e. The Labute approximate surface area is 66.3 Å². The number of rotatable bonds is 4. The highest BCUT2D eigenvalue weighted by Crippen LogP contribution is 2.07. The topological polar surface area (TPSA) is 34.4 Å². The van der Waals surface area contributed by atoms with Gasteiger partial charge in [-0.2, -0.15) is 0 Å². The van der Waals surface area contributed by atoms with Crippen molar-refractivity contribution in [2.45, 2.75) is 13.2 Å². The zero-order chi connectivity index (χ0) is 8.10. The predicted molar refractivity (Wildman–Crippen MR) is 42.2 cm³/mol. The molecule has 0 radical (unpaired) electrons. The molecular weight excluding hydrogens is 142 g/mol. The molecule has 0 amide bonds. The lowest BCUT2D eigenvalue weighted by Gasteiger charge is -1.94. The average molecular weight is 155 g/mol. The Balaban J connectivity index is 2.51. The molecular formula is C8H13NO2. The summed E-state index contributed by atoms with van der Waals surface area (Å²) in [6.07, 6.45) is 0. The molecule has 0 saturated heterocycles. The van der Waals surface area contributed by atoms with E-state index in [9.17, 15) is 0 Å². The SMILES string of the molecule is CNCc1ccc(COC)o1. The molecule has 0 aliphatic heterocycles. The third-order valence-corrected chi connectivity index (χ3v) is 1.35. The summed E-state index contributed by atoms with van der Waals surface area (Å²) in [6.45, 7) is 1.31. The van der Waals surface area contributed by atoms with Gasteiger partial charge in [-0.25, -0.2) is 0 Å². The van der Waals surface area contributed by atoms with Crippen LogP contribution >= 0.6 is 0 Å². The van der Waals surface area contributed by atoms with Gasteiger partial charge >= 0.3 is 0 Å². The minimum Gasteiger partial charge on any atom is -0.462 e. The van der Waals surface area contributed by atoms with Gasteiger partial charge in [0.25, 0.3) is 0 Å². The zero-order valence-corrected chi connectivity index (χ0v) is 6.89.